The van der Waals surface area contributed by atoms with Crippen LogP contribution in [0.25, 0.3) is 0 Å². The van der Waals surface area contributed by atoms with Crippen molar-refractivity contribution in [1.29, 1.82) is 0 Å². The van der Waals surface area contributed by atoms with Crippen molar-refractivity contribution in [2.75, 3.05) is 12.4 Å². The Hall–Kier alpha value is -3.14. The van der Waals surface area contributed by atoms with Gasteiger partial charge in [0.1, 0.15) is 11.6 Å². The summed E-state index contributed by atoms with van der Waals surface area (Å²) in [5, 5.41) is 3.48. The van der Waals surface area contributed by atoms with E-state index in [0.717, 1.165) is 17.0 Å². The average molecular weight is 377 g/mol. The smallest absolute Gasteiger partial charge is 0.165 e. The largest absolute Gasteiger partial charge is 0.497 e. The monoisotopic (exact) mass is 377 g/mol. The number of hydrogen-bond acceptors (Lipinski definition) is 3. The molecule has 3 aromatic carbocycles. The highest BCUT2D eigenvalue weighted by Crippen LogP contribution is 2.27. The lowest BCUT2D eigenvalue weighted by Gasteiger charge is -2.21. The Kier molecular flexibility index (Phi) is 6.09. The van der Waals surface area contributed by atoms with Crippen LogP contribution in [-0.2, 0) is 0 Å². The van der Waals surface area contributed by atoms with Crippen LogP contribution in [0.2, 0.25) is 0 Å². The average Bonchev–Trinajstić information content (AvgIpc) is 2.70. The molecule has 144 valence electrons. The maximum Gasteiger partial charge on any atom is 0.165 e. The number of methoxy groups -OCH3 is 1. The van der Waals surface area contributed by atoms with Gasteiger partial charge in [0.15, 0.2) is 5.78 Å². The summed E-state index contributed by atoms with van der Waals surface area (Å²) in [7, 11) is 1.62. The first kappa shape index (κ1) is 19.6. The standard InChI is InChI=1S/C24H24FNO2/c1-16-4-11-21(14-17(16)2)26-23(18-7-12-22(28-3)13-8-18)15-24(27)19-5-9-20(25)10-6-19/h4-14,23,26H,15H2,1-3H3. The number of rotatable bonds is 7. The molecule has 0 spiro atoms. The molecule has 0 radical (unpaired) electrons. The zero-order valence-electron chi connectivity index (χ0n) is 16.3. The molecule has 28 heavy (non-hydrogen) atoms. The van der Waals surface area contributed by atoms with Gasteiger partial charge in [0.05, 0.1) is 13.2 Å². The van der Waals surface area contributed by atoms with Gasteiger partial charge in [-0.15, -0.1) is 0 Å². The number of ketones is 1. The maximum atomic E-state index is 13.2. The summed E-state index contributed by atoms with van der Waals surface area (Å²) < 4.78 is 18.4. The van der Waals surface area contributed by atoms with E-state index < -0.39 is 0 Å². The Morgan fingerprint density at radius 2 is 1.64 bits per heavy atom. The minimum atomic E-state index is -0.350. The molecule has 0 saturated carbocycles. The first-order valence-corrected chi connectivity index (χ1v) is 9.23. The van der Waals surface area contributed by atoms with E-state index in [4.69, 9.17) is 4.74 Å². The van der Waals surface area contributed by atoms with Gasteiger partial charge in [-0.1, -0.05) is 18.2 Å². The van der Waals surface area contributed by atoms with Crippen molar-refractivity contribution in [3.8, 4) is 5.75 Å². The highest BCUT2D eigenvalue weighted by molar-refractivity contribution is 5.96. The number of Topliss-reactive ketones (excluding diaryl/α,β-unsaturated/α-hetero) is 1. The van der Waals surface area contributed by atoms with Gasteiger partial charge < -0.3 is 10.1 Å². The van der Waals surface area contributed by atoms with E-state index in [0.29, 0.717) is 5.56 Å². The molecule has 0 aliphatic rings. The molecule has 1 atom stereocenters. The van der Waals surface area contributed by atoms with E-state index in [1.807, 2.05) is 30.3 Å². The zero-order chi connectivity index (χ0) is 20.1. The molecule has 0 heterocycles. The second-order valence-corrected chi connectivity index (χ2v) is 6.90. The molecule has 1 N–H and O–H groups in total. The number of ether oxygens (including phenoxy) is 1. The number of carbonyl (C=O) groups is 1. The number of aryl methyl sites for hydroxylation is 2. The van der Waals surface area contributed by atoms with Gasteiger partial charge in [-0.2, -0.15) is 0 Å². The second kappa shape index (κ2) is 8.70. The summed E-state index contributed by atoms with van der Waals surface area (Å²) in [6.45, 7) is 4.13. The van der Waals surface area contributed by atoms with Gasteiger partial charge in [0, 0.05) is 17.7 Å². The third-order valence-corrected chi connectivity index (χ3v) is 4.92. The van der Waals surface area contributed by atoms with Crippen molar-refractivity contribution in [1.82, 2.24) is 0 Å². The first-order valence-electron chi connectivity index (χ1n) is 9.23. The normalized spacial score (nSPS) is 11.7. The highest BCUT2D eigenvalue weighted by atomic mass is 19.1. The number of anilines is 1. The topological polar surface area (TPSA) is 38.3 Å². The van der Waals surface area contributed by atoms with Crippen LogP contribution in [0.1, 0.15) is 39.5 Å². The molecule has 0 fully saturated rings. The van der Waals surface area contributed by atoms with E-state index in [-0.39, 0.29) is 24.1 Å². The predicted octanol–water partition coefficient (Wildman–Crippen LogP) is 5.88. The number of hydrogen-bond donors (Lipinski definition) is 1. The van der Waals surface area contributed by atoms with Crippen molar-refractivity contribution >= 4 is 11.5 Å². The molecule has 0 aromatic heterocycles. The summed E-state index contributed by atoms with van der Waals surface area (Å²) in [6, 6.07) is 19.3. The molecule has 4 heteroatoms. The molecule has 0 saturated heterocycles. The van der Waals surface area contributed by atoms with Crippen molar-refractivity contribution in [2.45, 2.75) is 26.3 Å². The summed E-state index contributed by atoms with van der Waals surface area (Å²) in [5.74, 6) is 0.368. The third-order valence-electron chi connectivity index (χ3n) is 4.92. The van der Waals surface area contributed by atoms with Gasteiger partial charge in [0.2, 0.25) is 0 Å². The summed E-state index contributed by atoms with van der Waals surface area (Å²) in [5.41, 5.74) is 4.84. The Labute approximate surface area is 165 Å². The van der Waals surface area contributed by atoms with Crippen LogP contribution < -0.4 is 10.1 Å². The lowest BCUT2D eigenvalue weighted by Crippen LogP contribution is -2.16. The lowest BCUT2D eigenvalue weighted by molar-refractivity contribution is 0.0976. The Balaban J connectivity index is 1.87. The van der Waals surface area contributed by atoms with Crippen molar-refractivity contribution in [3.63, 3.8) is 0 Å². The molecule has 1 unspecified atom stereocenters. The minimum absolute atomic E-state index is 0.0443. The van der Waals surface area contributed by atoms with Gasteiger partial charge in [-0.05, 0) is 79.1 Å². The molecule has 0 aliphatic heterocycles. The fourth-order valence-corrected chi connectivity index (χ4v) is 3.06. The van der Waals surface area contributed by atoms with E-state index >= 15 is 0 Å². The Bertz CT molecular complexity index is 949. The number of nitrogens with one attached hydrogen (secondary N) is 1. The van der Waals surface area contributed by atoms with Crippen LogP contribution >= 0.6 is 0 Å². The van der Waals surface area contributed by atoms with E-state index in [1.165, 1.54) is 35.4 Å². The van der Waals surface area contributed by atoms with Crippen LogP contribution in [0.3, 0.4) is 0 Å². The molecular weight excluding hydrogens is 353 g/mol. The number of benzene rings is 3. The maximum absolute atomic E-state index is 13.2. The fraction of sp³-hybridized carbons (Fsp3) is 0.208. The van der Waals surface area contributed by atoms with Gasteiger partial charge >= 0.3 is 0 Å². The van der Waals surface area contributed by atoms with E-state index in [1.54, 1.807) is 7.11 Å². The first-order chi connectivity index (χ1) is 13.5. The van der Waals surface area contributed by atoms with Gasteiger partial charge in [-0.3, -0.25) is 4.79 Å². The molecule has 0 bridgehead atoms. The second-order valence-electron chi connectivity index (χ2n) is 6.90. The molecule has 3 rings (SSSR count). The van der Waals surface area contributed by atoms with E-state index in [9.17, 15) is 9.18 Å². The molecule has 0 aliphatic carbocycles. The van der Waals surface area contributed by atoms with Crippen LogP contribution in [0.5, 0.6) is 5.75 Å². The third kappa shape index (κ3) is 4.77. The SMILES string of the molecule is COc1ccc(C(CC(=O)c2ccc(F)cc2)Nc2ccc(C)c(C)c2)cc1. The van der Waals surface area contributed by atoms with Crippen LogP contribution in [0.15, 0.2) is 66.7 Å². The zero-order valence-corrected chi connectivity index (χ0v) is 16.3. The van der Waals surface area contributed by atoms with E-state index in [2.05, 4.69) is 31.3 Å². The number of carbonyl (C=O) groups excluding carboxylic acids is 1. The quantitative estimate of drug-likeness (QED) is 0.523. The van der Waals surface area contributed by atoms with Gasteiger partial charge in [-0.25, -0.2) is 4.39 Å². The molecule has 0 amide bonds. The predicted molar refractivity (Wildman–Crippen MR) is 111 cm³/mol. The minimum Gasteiger partial charge on any atom is -0.497 e. The van der Waals surface area contributed by atoms with Crippen molar-refractivity contribution in [2.24, 2.45) is 0 Å². The summed E-state index contributed by atoms with van der Waals surface area (Å²) >= 11 is 0. The fourth-order valence-electron chi connectivity index (χ4n) is 3.06. The van der Waals surface area contributed by atoms with Crippen LogP contribution in [0.4, 0.5) is 10.1 Å². The van der Waals surface area contributed by atoms with Crippen molar-refractivity contribution < 1.29 is 13.9 Å². The van der Waals surface area contributed by atoms with Gasteiger partial charge in [0.25, 0.3) is 0 Å². The van der Waals surface area contributed by atoms with Crippen LogP contribution in [-0.4, -0.2) is 12.9 Å². The molecule has 3 nitrogen and oxygen atoms in total. The van der Waals surface area contributed by atoms with Crippen LogP contribution in [0, 0.1) is 19.7 Å². The summed E-state index contributed by atoms with van der Waals surface area (Å²) in [6.07, 6.45) is 0.255. The number of halogens is 1. The lowest BCUT2D eigenvalue weighted by atomic mass is 9.97. The molecular formula is C24H24FNO2. The van der Waals surface area contributed by atoms with Crippen molar-refractivity contribution in [3.05, 3.63) is 94.8 Å². The Morgan fingerprint density at radius 3 is 2.25 bits per heavy atom. The Morgan fingerprint density at radius 1 is 0.964 bits per heavy atom. The molecule has 3 aromatic rings. The highest BCUT2D eigenvalue weighted by Gasteiger charge is 2.18. The summed E-state index contributed by atoms with van der Waals surface area (Å²) in [4.78, 5) is 12.8.